The van der Waals surface area contributed by atoms with Gasteiger partial charge in [-0.05, 0) is 12.1 Å². The Balaban J connectivity index is 1.94. The van der Waals surface area contributed by atoms with Gasteiger partial charge in [0.1, 0.15) is 5.82 Å². The Hall–Kier alpha value is -1.46. The summed E-state index contributed by atoms with van der Waals surface area (Å²) in [5, 5.41) is 7.64. The van der Waals surface area contributed by atoms with Gasteiger partial charge in [0.2, 0.25) is 0 Å². The van der Waals surface area contributed by atoms with Crippen LogP contribution in [-0.4, -0.2) is 9.97 Å². The lowest BCUT2D eigenvalue weighted by atomic mass is 10.1. The summed E-state index contributed by atoms with van der Waals surface area (Å²) in [5.74, 6) is 0.891. The molecule has 0 saturated carbocycles. The average molecular weight is 320 g/mol. The Bertz CT molecular complexity index is 667. The first kappa shape index (κ1) is 11.6. The summed E-state index contributed by atoms with van der Waals surface area (Å²) in [6.45, 7) is 0.697. The van der Waals surface area contributed by atoms with Gasteiger partial charge >= 0.3 is 0 Å². The van der Waals surface area contributed by atoms with E-state index in [1.54, 1.807) is 11.3 Å². The number of pyridine rings is 1. The van der Waals surface area contributed by atoms with Crippen LogP contribution in [0.4, 0.5) is 5.82 Å². The highest BCUT2D eigenvalue weighted by atomic mass is 79.9. The maximum atomic E-state index is 4.39. The Morgan fingerprint density at radius 2 is 2.11 bits per heavy atom. The minimum Gasteiger partial charge on any atom is -0.364 e. The van der Waals surface area contributed by atoms with E-state index in [1.807, 2.05) is 35.3 Å². The van der Waals surface area contributed by atoms with E-state index in [1.165, 1.54) is 0 Å². The van der Waals surface area contributed by atoms with E-state index in [4.69, 9.17) is 0 Å². The average Bonchev–Trinajstić information content (AvgIpc) is 2.90. The molecule has 0 unspecified atom stereocenters. The number of rotatable bonds is 3. The zero-order valence-electron chi connectivity index (χ0n) is 9.43. The molecule has 0 radical (unpaired) electrons. The SMILES string of the molecule is Brc1cccc2c(NCc3cscn3)nccc12. The van der Waals surface area contributed by atoms with Gasteiger partial charge in [0.25, 0.3) is 0 Å². The summed E-state index contributed by atoms with van der Waals surface area (Å²) >= 11 is 5.16. The third kappa shape index (κ3) is 2.23. The van der Waals surface area contributed by atoms with Gasteiger partial charge in [0.15, 0.2) is 0 Å². The number of nitrogens with zero attached hydrogens (tertiary/aromatic N) is 2. The molecule has 3 nitrogen and oxygen atoms in total. The van der Waals surface area contributed by atoms with Crippen LogP contribution >= 0.6 is 27.3 Å². The molecule has 0 fully saturated rings. The Kier molecular flexibility index (Phi) is 3.25. The maximum absolute atomic E-state index is 4.39. The second kappa shape index (κ2) is 5.04. The first-order chi connectivity index (χ1) is 8.84. The highest BCUT2D eigenvalue weighted by Crippen LogP contribution is 2.27. The first-order valence-electron chi connectivity index (χ1n) is 5.49. The van der Waals surface area contributed by atoms with Crippen LogP contribution in [0.3, 0.4) is 0 Å². The molecule has 18 heavy (non-hydrogen) atoms. The second-order valence-electron chi connectivity index (χ2n) is 3.83. The summed E-state index contributed by atoms with van der Waals surface area (Å²) in [6.07, 6.45) is 1.82. The van der Waals surface area contributed by atoms with Crippen LogP contribution in [0.1, 0.15) is 5.69 Å². The lowest BCUT2D eigenvalue weighted by Crippen LogP contribution is -2.02. The molecule has 3 aromatic rings. The van der Waals surface area contributed by atoms with Crippen molar-refractivity contribution in [1.29, 1.82) is 0 Å². The van der Waals surface area contributed by atoms with E-state index < -0.39 is 0 Å². The minimum atomic E-state index is 0.697. The Labute approximate surface area is 117 Å². The number of thiazole rings is 1. The van der Waals surface area contributed by atoms with Gasteiger partial charge in [-0.3, -0.25) is 0 Å². The van der Waals surface area contributed by atoms with Crippen molar-refractivity contribution < 1.29 is 0 Å². The second-order valence-corrected chi connectivity index (χ2v) is 5.40. The highest BCUT2D eigenvalue weighted by molar-refractivity contribution is 9.10. The third-order valence-corrected chi connectivity index (χ3v) is 4.00. The first-order valence-corrected chi connectivity index (χ1v) is 7.22. The van der Waals surface area contributed by atoms with E-state index in [0.717, 1.165) is 26.8 Å². The largest absolute Gasteiger partial charge is 0.364 e. The van der Waals surface area contributed by atoms with Crippen LogP contribution in [0.15, 0.2) is 45.8 Å². The van der Waals surface area contributed by atoms with E-state index in [9.17, 15) is 0 Å². The van der Waals surface area contributed by atoms with Crippen molar-refractivity contribution >= 4 is 43.9 Å². The predicted octanol–water partition coefficient (Wildman–Crippen LogP) is 4.07. The lowest BCUT2D eigenvalue weighted by molar-refractivity contribution is 1.06. The number of hydrogen-bond acceptors (Lipinski definition) is 4. The van der Waals surface area contributed by atoms with E-state index in [-0.39, 0.29) is 0 Å². The van der Waals surface area contributed by atoms with E-state index >= 15 is 0 Å². The van der Waals surface area contributed by atoms with Gasteiger partial charge in [-0.15, -0.1) is 11.3 Å². The van der Waals surface area contributed by atoms with Crippen molar-refractivity contribution in [2.24, 2.45) is 0 Å². The molecular formula is C13H10BrN3S. The number of hydrogen-bond donors (Lipinski definition) is 1. The molecule has 0 aliphatic rings. The van der Waals surface area contributed by atoms with E-state index in [2.05, 4.69) is 37.3 Å². The number of benzene rings is 1. The molecule has 1 N–H and O–H groups in total. The van der Waals surface area contributed by atoms with Gasteiger partial charge in [-0.1, -0.05) is 28.1 Å². The lowest BCUT2D eigenvalue weighted by Gasteiger charge is -2.08. The summed E-state index contributed by atoms with van der Waals surface area (Å²) in [6, 6.07) is 8.12. The number of aromatic nitrogens is 2. The molecule has 2 heterocycles. The van der Waals surface area contributed by atoms with Crippen LogP contribution in [0.5, 0.6) is 0 Å². The predicted molar refractivity (Wildman–Crippen MR) is 78.9 cm³/mol. The topological polar surface area (TPSA) is 37.8 Å². The van der Waals surface area contributed by atoms with Crippen molar-refractivity contribution in [3.05, 3.63) is 51.5 Å². The van der Waals surface area contributed by atoms with Gasteiger partial charge < -0.3 is 5.32 Å². The molecule has 0 aliphatic heterocycles. The van der Waals surface area contributed by atoms with Gasteiger partial charge in [0.05, 0.1) is 17.7 Å². The van der Waals surface area contributed by atoms with Gasteiger partial charge in [-0.25, -0.2) is 9.97 Å². The van der Waals surface area contributed by atoms with Crippen molar-refractivity contribution in [3.63, 3.8) is 0 Å². The molecule has 0 aliphatic carbocycles. The Morgan fingerprint density at radius 1 is 1.17 bits per heavy atom. The number of fused-ring (bicyclic) bond motifs is 1. The minimum absolute atomic E-state index is 0.697. The molecule has 3 rings (SSSR count). The number of anilines is 1. The molecule has 0 atom stereocenters. The van der Waals surface area contributed by atoms with E-state index in [0.29, 0.717) is 6.54 Å². The number of nitrogens with one attached hydrogen (secondary N) is 1. The van der Waals surface area contributed by atoms with Crippen LogP contribution in [0, 0.1) is 0 Å². The monoisotopic (exact) mass is 319 g/mol. The molecule has 0 saturated heterocycles. The van der Waals surface area contributed by atoms with Crippen LogP contribution in [-0.2, 0) is 6.54 Å². The van der Waals surface area contributed by atoms with Crippen molar-refractivity contribution in [2.75, 3.05) is 5.32 Å². The highest BCUT2D eigenvalue weighted by Gasteiger charge is 2.04. The normalized spacial score (nSPS) is 10.7. The Morgan fingerprint density at radius 3 is 2.94 bits per heavy atom. The van der Waals surface area contributed by atoms with Crippen molar-refractivity contribution in [3.8, 4) is 0 Å². The molecular weight excluding hydrogens is 310 g/mol. The van der Waals surface area contributed by atoms with Crippen LogP contribution in [0.2, 0.25) is 0 Å². The fraction of sp³-hybridized carbons (Fsp3) is 0.0769. The summed E-state index contributed by atoms with van der Waals surface area (Å²) in [4.78, 5) is 8.64. The quantitative estimate of drug-likeness (QED) is 0.790. The third-order valence-electron chi connectivity index (χ3n) is 2.67. The molecule has 90 valence electrons. The van der Waals surface area contributed by atoms with Crippen molar-refractivity contribution in [2.45, 2.75) is 6.54 Å². The molecule has 5 heteroatoms. The fourth-order valence-corrected chi connectivity index (χ4v) is 2.87. The van der Waals surface area contributed by atoms with Gasteiger partial charge in [0, 0.05) is 26.8 Å². The summed E-state index contributed by atoms with van der Waals surface area (Å²) in [7, 11) is 0. The molecule has 2 aromatic heterocycles. The molecule has 0 spiro atoms. The number of halogens is 1. The molecule has 0 amide bonds. The summed E-state index contributed by atoms with van der Waals surface area (Å²) in [5.41, 5.74) is 2.87. The van der Waals surface area contributed by atoms with Crippen LogP contribution < -0.4 is 5.32 Å². The standard InChI is InChI=1S/C13H10BrN3S/c14-12-3-1-2-11-10(12)4-5-15-13(11)16-6-9-7-18-8-17-9/h1-5,7-8H,6H2,(H,15,16). The summed E-state index contributed by atoms with van der Waals surface area (Å²) < 4.78 is 1.08. The zero-order valence-corrected chi connectivity index (χ0v) is 11.8. The van der Waals surface area contributed by atoms with Crippen molar-refractivity contribution in [1.82, 2.24) is 9.97 Å². The van der Waals surface area contributed by atoms with Crippen LogP contribution in [0.25, 0.3) is 10.8 Å². The fourth-order valence-electron chi connectivity index (χ4n) is 1.81. The zero-order chi connectivity index (χ0) is 12.4. The van der Waals surface area contributed by atoms with Gasteiger partial charge in [-0.2, -0.15) is 0 Å². The molecule has 0 bridgehead atoms. The smallest absolute Gasteiger partial charge is 0.134 e. The maximum Gasteiger partial charge on any atom is 0.134 e. The molecule has 1 aromatic carbocycles.